The Morgan fingerprint density at radius 1 is 1.25 bits per heavy atom. The van der Waals surface area contributed by atoms with Gasteiger partial charge in [-0.25, -0.2) is 0 Å². The molecule has 2 aromatic heterocycles. The molecule has 3 atom stereocenters. The van der Waals surface area contributed by atoms with Gasteiger partial charge in [-0.1, -0.05) is 25.1 Å². The fourth-order valence-electron chi connectivity index (χ4n) is 5.14. The van der Waals surface area contributed by atoms with Crippen molar-refractivity contribution >= 4 is 16.9 Å². The molecule has 166 valence electrons. The summed E-state index contributed by atoms with van der Waals surface area (Å²) in [5.41, 5.74) is 3.37. The number of hydrogen-bond acceptors (Lipinski definition) is 5. The fraction of sp³-hybridized carbons (Fsp3) is 0.400. The number of nitrogens with zero attached hydrogens (tertiary/aromatic N) is 3. The van der Waals surface area contributed by atoms with Gasteiger partial charge in [0.15, 0.2) is 5.65 Å². The number of likely N-dealkylation sites (tertiary alicyclic amines) is 1. The maximum absolute atomic E-state index is 11.1. The number of amides is 1. The van der Waals surface area contributed by atoms with Crippen LogP contribution in [0.25, 0.3) is 22.3 Å². The number of carbonyl (C=O) groups is 1. The second-order valence-electron chi connectivity index (χ2n) is 8.77. The summed E-state index contributed by atoms with van der Waals surface area (Å²) in [6.07, 6.45) is 8.29. The third-order valence-electron chi connectivity index (χ3n) is 6.93. The molecule has 1 aliphatic carbocycles. The van der Waals surface area contributed by atoms with E-state index in [0.717, 1.165) is 43.1 Å². The van der Waals surface area contributed by atoms with Crippen LogP contribution in [-0.4, -0.2) is 56.9 Å². The van der Waals surface area contributed by atoms with Gasteiger partial charge in [0, 0.05) is 42.3 Å². The van der Waals surface area contributed by atoms with Crippen LogP contribution < -0.4 is 0 Å². The van der Waals surface area contributed by atoms with Gasteiger partial charge in [-0.05, 0) is 55.0 Å². The van der Waals surface area contributed by atoms with E-state index in [1.807, 2.05) is 29.3 Å². The first kappa shape index (κ1) is 20.7. The molecule has 3 aromatic rings. The van der Waals surface area contributed by atoms with Gasteiger partial charge in [0.25, 0.3) is 0 Å². The minimum atomic E-state index is 0.119. The molecule has 7 heteroatoms. The van der Waals surface area contributed by atoms with Gasteiger partial charge < -0.3 is 19.7 Å². The quantitative estimate of drug-likeness (QED) is 0.610. The summed E-state index contributed by atoms with van der Waals surface area (Å²) < 4.78 is 5.47. The standard InChI is InChI=1S/C16H15N3O2.C9H13NO/c20-15-4-2-1-3-11(15)14-7-12-13(10-5-6-21-9-10)8-17-16(12)19-18-14;1-2-9(11)10-6-7-4-3-5-8(7)10/h1-4,7-8,10,20H,5-6,9H2,(H,17,19);2,7-8H,1,3-6H2/t10-;/m1./s1. The number of aromatic amines is 1. The molecular formula is C25H28N4O3. The molecule has 2 aliphatic heterocycles. The first-order chi connectivity index (χ1) is 15.7. The molecule has 4 heterocycles. The van der Waals surface area contributed by atoms with Crippen LogP contribution in [0.15, 0.2) is 49.2 Å². The minimum Gasteiger partial charge on any atom is -0.507 e. The summed E-state index contributed by atoms with van der Waals surface area (Å²) in [4.78, 5) is 16.3. The predicted molar refractivity (Wildman–Crippen MR) is 122 cm³/mol. The topological polar surface area (TPSA) is 91.3 Å². The van der Waals surface area contributed by atoms with Crippen LogP contribution in [0.5, 0.6) is 5.75 Å². The molecule has 2 unspecified atom stereocenters. The summed E-state index contributed by atoms with van der Waals surface area (Å²) in [6, 6.07) is 9.73. The number of rotatable bonds is 3. The molecule has 2 N–H and O–H groups in total. The number of H-pyrrole nitrogens is 1. The highest BCUT2D eigenvalue weighted by atomic mass is 16.5. The van der Waals surface area contributed by atoms with Crippen molar-refractivity contribution in [3.63, 3.8) is 0 Å². The predicted octanol–water partition coefficient (Wildman–Crippen LogP) is 4.02. The number of nitrogens with one attached hydrogen (secondary N) is 1. The monoisotopic (exact) mass is 432 g/mol. The third kappa shape index (κ3) is 3.77. The van der Waals surface area contributed by atoms with Crippen molar-refractivity contribution in [3.8, 4) is 17.0 Å². The number of carbonyl (C=O) groups excluding carboxylic acids is 1. The van der Waals surface area contributed by atoms with E-state index >= 15 is 0 Å². The Labute approximate surface area is 187 Å². The highest BCUT2D eigenvalue weighted by molar-refractivity contribution is 5.88. The Hall–Kier alpha value is -3.19. The molecule has 1 aromatic carbocycles. The molecule has 2 saturated heterocycles. The average molecular weight is 433 g/mol. The summed E-state index contributed by atoms with van der Waals surface area (Å²) >= 11 is 0. The van der Waals surface area contributed by atoms with Crippen molar-refractivity contribution in [2.24, 2.45) is 5.92 Å². The molecule has 1 saturated carbocycles. The molecule has 0 spiro atoms. The van der Waals surface area contributed by atoms with Gasteiger partial charge in [0.05, 0.1) is 12.3 Å². The summed E-state index contributed by atoms with van der Waals surface area (Å²) in [7, 11) is 0. The van der Waals surface area contributed by atoms with E-state index in [0.29, 0.717) is 23.2 Å². The number of aromatic nitrogens is 3. The van der Waals surface area contributed by atoms with Crippen molar-refractivity contribution in [2.75, 3.05) is 19.8 Å². The van der Waals surface area contributed by atoms with Crippen LogP contribution in [0.4, 0.5) is 0 Å². The van der Waals surface area contributed by atoms with Crippen LogP contribution in [0.3, 0.4) is 0 Å². The molecule has 0 radical (unpaired) electrons. The highest BCUT2D eigenvalue weighted by Gasteiger charge is 2.43. The lowest BCUT2D eigenvalue weighted by Gasteiger charge is -2.44. The van der Waals surface area contributed by atoms with Crippen LogP contribution in [0.2, 0.25) is 0 Å². The van der Waals surface area contributed by atoms with Gasteiger partial charge in [-0.3, -0.25) is 4.79 Å². The molecule has 0 bridgehead atoms. The van der Waals surface area contributed by atoms with Gasteiger partial charge >= 0.3 is 0 Å². The van der Waals surface area contributed by atoms with Crippen molar-refractivity contribution in [1.82, 2.24) is 20.1 Å². The van der Waals surface area contributed by atoms with Crippen LogP contribution in [-0.2, 0) is 9.53 Å². The highest BCUT2D eigenvalue weighted by Crippen LogP contribution is 2.38. The zero-order valence-electron chi connectivity index (χ0n) is 18.0. The summed E-state index contributed by atoms with van der Waals surface area (Å²) in [5, 5.41) is 19.5. The SMILES string of the molecule is C=CC(=O)N1CC2CCCC21.Oc1ccccc1-c1cc2c([C@@H]3CCOC3)c[nH]c2nn1. The zero-order chi connectivity index (χ0) is 22.1. The Bertz CT molecular complexity index is 1140. The average Bonchev–Trinajstić information content (AvgIpc) is 3.54. The maximum Gasteiger partial charge on any atom is 0.246 e. The first-order valence-corrected chi connectivity index (χ1v) is 11.3. The number of ether oxygens (including phenoxy) is 1. The van der Waals surface area contributed by atoms with E-state index < -0.39 is 0 Å². The number of phenolic OH excluding ortho intramolecular Hbond substituents is 1. The van der Waals surface area contributed by atoms with Gasteiger partial charge in [-0.2, -0.15) is 0 Å². The van der Waals surface area contributed by atoms with E-state index in [4.69, 9.17) is 4.74 Å². The third-order valence-corrected chi connectivity index (χ3v) is 6.93. The van der Waals surface area contributed by atoms with Crippen molar-refractivity contribution in [1.29, 1.82) is 0 Å². The first-order valence-electron chi connectivity index (χ1n) is 11.3. The Balaban J connectivity index is 0.000000165. The van der Waals surface area contributed by atoms with E-state index in [1.54, 1.807) is 12.1 Å². The molecule has 6 rings (SSSR count). The Kier molecular flexibility index (Phi) is 5.66. The number of fused-ring (bicyclic) bond motifs is 2. The maximum atomic E-state index is 11.1. The smallest absolute Gasteiger partial charge is 0.246 e. The number of hydrogen-bond donors (Lipinski definition) is 2. The zero-order valence-corrected chi connectivity index (χ0v) is 18.0. The number of para-hydroxylation sites is 1. The van der Waals surface area contributed by atoms with Crippen molar-refractivity contribution < 1.29 is 14.6 Å². The molecule has 32 heavy (non-hydrogen) atoms. The van der Waals surface area contributed by atoms with Gasteiger partial charge in [-0.15, -0.1) is 10.2 Å². The van der Waals surface area contributed by atoms with Crippen molar-refractivity contribution in [2.45, 2.75) is 37.6 Å². The van der Waals surface area contributed by atoms with Gasteiger partial charge in [0.2, 0.25) is 5.91 Å². The number of aromatic hydroxyl groups is 1. The Morgan fingerprint density at radius 3 is 2.88 bits per heavy atom. The normalized spacial score (nSPS) is 23.9. The molecule has 3 fully saturated rings. The van der Waals surface area contributed by atoms with Gasteiger partial charge in [0.1, 0.15) is 5.75 Å². The van der Waals surface area contributed by atoms with E-state index in [9.17, 15) is 9.90 Å². The van der Waals surface area contributed by atoms with E-state index in [1.165, 1.54) is 30.9 Å². The van der Waals surface area contributed by atoms with Crippen LogP contribution >= 0.6 is 0 Å². The molecular weight excluding hydrogens is 404 g/mol. The molecule has 7 nitrogen and oxygen atoms in total. The Morgan fingerprint density at radius 2 is 2.12 bits per heavy atom. The largest absolute Gasteiger partial charge is 0.507 e. The fourth-order valence-corrected chi connectivity index (χ4v) is 5.14. The van der Waals surface area contributed by atoms with Crippen molar-refractivity contribution in [3.05, 3.63) is 54.7 Å². The summed E-state index contributed by atoms with van der Waals surface area (Å²) in [6.45, 7) is 6.03. The lowest BCUT2D eigenvalue weighted by molar-refractivity contribution is -0.136. The minimum absolute atomic E-state index is 0.119. The number of benzene rings is 1. The van der Waals surface area contributed by atoms with Crippen LogP contribution in [0.1, 0.15) is 37.2 Å². The summed E-state index contributed by atoms with van der Waals surface area (Å²) in [5.74, 6) is 1.56. The lowest BCUT2D eigenvalue weighted by Crippen LogP contribution is -2.55. The molecule has 1 amide bonds. The second-order valence-corrected chi connectivity index (χ2v) is 8.77. The van der Waals surface area contributed by atoms with E-state index in [2.05, 4.69) is 21.8 Å². The van der Waals surface area contributed by atoms with E-state index in [-0.39, 0.29) is 11.7 Å². The molecule has 3 aliphatic rings. The number of phenols is 1. The lowest BCUT2D eigenvalue weighted by atomic mass is 9.92. The second kappa shape index (κ2) is 8.74. The van der Waals surface area contributed by atoms with Crippen LogP contribution in [0, 0.1) is 5.92 Å².